The summed E-state index contributed by atoms with van der Waals surface area (Å²) in [6.07, 6.45) is 8.28. The predicted molar refractivity (Wildman–Crippen MR) is 72.9 cm³/mol. The number of hydrogen-bond acceptors (Lipinski definition) is 2. The number of nitrogens with zero attached hydrogens (tertiary/aromatic N) is 1. The minimum Gasteiger partial charge on any atom is -0.311 e. The van der Waals surface area contributed by atoms with E-state index in [-0.39, 0.29) is 0 Å². The Kier molecular flexibility index (Phi) is 5.35. The van der Waals surface area contributed by atoms with Crippen LogP contribution in [-0.4, -0.2) is 37.1 Å². The lowest BCUT2D eigenvalue weighted by Crippen LogP contribution is -2.54. The molecule has 1 aliphatic carbocycles. The molecule has 2 aliphatic rings. The van der Waals surface area contributed by atoms with Crippen molar-refractivity contribution in [1.29, 1.82) is 0 Å². The van der Waals surface area contributed by atoms with Crippen molar-refractivity contribution in [2.45, 2.75) is 51.5 Å². The normalized spacial score (nSPS) is 27.5. The van der Waals surface area contributed by atoms with E-state index < -0.39 is 0 Å². The standard InChI is InChI=1S/C15H26N2/c1-2-3-7-11-17-12-10-16-15(13-17)14-8-5-4-6-9-14/h14-16H,4-13H2,1H3. The van der Waals surface area contributed by atoms with E-state index in [2.05, 4.69) is 22.1 Å². The summed E-state index contributed by atoms with van der Waals surface area (Å²) in [6, 6.07) is 0.749. The van der Waals surface area contributed by atoms with Crippen molar-refractivity contribution in [3.8, 4) is 11.8 Å². The smallest absolute Gasteiger partial charge is 0.0223 e. The van der Waals surface area contributed by atoms with Gasteiger partial charge in [-0.2, -0.15) is 0 Å². The van der Waals surface area contributed by atoms with Crippen LogP contribution in [-0.2, 0) is 0 Å². The Balaban J connectivity index is 1.76. The molecule has 1 saturated carbocycles. The summed E-state index contributed by atoms with van der Waals surface area (Å²) in [7, 11) is 0. The molecule has 1 heterocycles. The molecule has 1 atom stereocenters. The van der Waals surface area contributed by atoms with Crippen molar-refractivity contribution in [3.05, 3.63) is 0 Å². The average molecular weight is 234 g/mol. The van der Waals surface area contributed by atoms with Crippen molar-refractivity contribution < 1.29 is 0 Å². The largest absolute Gasteiger partial charge is 0.311 e. The van der Waals surface area contributed by atoms with Gasteiger partial charge in [-0.15, -0.1) is 11.8 Å². The summed E-state index contributed by atoms with van der Waals surface area (Å²) in [6.45, 7) is 6.71. The average Bonchev–Trinajstić information content (AvgIpc) is 2.41. The molecule has 1 aliphatic heterocycles. The van der Waals surface area contributed by atoms with Crippen molar-refractivity contribution >= 4 is 0 Å². The minimum absolute atomic E-state index is 0.749. The quantitative estimate of drug-likeness (QED) is 0.754. The summed E-state index contributed by atoms with van der Waals surface area (Å²) < 4.78 is 0. The highest BCUT2D eigenvalue weighted by atomic mass is 15.2. The molecule has 0 spiro atoms. The van der Waals surface area contributed by atoms with Crippen LogP contribution in [0.15, 0.2) is 0 Å². The molecule has 17 heavy (non-hydrogen) atoms. The van der Waals surface area contributed by atoms with E-state index in [1.165, 1.54) is 51.7 Å². The van der Waals surface area contributed by atoms with E-state index in [9.17, 15) is 0 Å². The van der Waals surface area contributed by atoms with E-state index in [0.717, 1.165) is 24.9 Å². The highest BCUT2D eigenvalue weighted by molar-refractivity contribution is 4.96. The molecule has 2 rings (SSSR count). The Morgan fingerprint density at radius 1 is 1.24 bits per heavy atom. The molecule has 0 amide bonds. The molecule has 1 saturated heterocycles. The van der Waals surface area contributed by atoms with E-state index in [4.69, 9.17) is 0 Å². The van der Waals surface area contributed by atoms with Gasteiger partial charge >= 0.3 is 0 Å². The third-order valence-electron chi connectivity index (χ3n) is 4.24. The van der Waals surface area contributed by atoms with Crippen LogP contribution in [0.2, 0.25) is 0 Å². The van der Waals surface area contributed by atoms with Crippen LogP contribution in [0.1, 0.15) is 45.4 Å². The molecule has 1 N–H and O–H groups in total. The number of nitrogens with one attached hydrogen (secondary N) is 1. The Hall–Kier alpha value is -0.520. The van der Waals surface area contributed by atoms with Gasteiger partial charge in [0.25, 0.3) is 0 Å². The maximum absolute atomic E-state index is 3.73. The number of piperazine rings is 1. The molecule has 1 unspecified atom stereocenters. The Bertz CT molecular complexity index is 270. The second kappa shape index (κ2) is 7.03. The van der Waals surface area contributed by atoms with Gasteiger partial charge in [-0.05, 0) is 25.7 Å². The van der Waals surface area contributed by atoms with Gasteiger partial charge in [0.05, 0.1) is 0 Å². The van der Waals surface area contributed by atoms with Gasteiger partial charge in [0, 0.05) is 38.6 Å². The summed E-state index contributed by atoms with van der Waals surface area (Å²) in [5.41, 5.74) is 0. The molecule has 2 heteroatoms. The summed E-state index contributed by atoms with van der Waals surface area (Å²) in [5, 5.41) is 3.73. The van der Waals surface area contributed by atoms with E-state index in [1.807, 2.05) is 6.92 Å². The first-order valence-corrected chi connectivity index (χ1v) is 7.25. The van der Waals surface area contributed by atoms with Gasteiger partial charge in [-0.1, -0.05) is 19.3 Å². The van der Waals surface area contributed by atoms with Gasteiger partial charge in [0.2, 0.25) is 0 Å². The molecular formula is C15H26N2. The lowest BCUT2D eigenvalue weighted by Gasteiger charge is -2.39. The lowest BCUT2D eigenvalue weighted by molar-refractivity contribution is 0.148. The maximum Gasteiger partial charge on any atom is 0.0223 e. The van der Waals surface area contributed by atoms with Gasteiger partial charge < -0.3 is 5.32 Å². The van der Waals surface area contributed by atoms with Crippen LogP contribution in [0.4, 0.5) is 0 Å². The van der Waals surface area contributed by atoms with Crippen LogP contribution >= 0.6 is 0 Å². The Labute approximate surface area is 106 Å². The van der Waals surface area contributed by atoms with Gasteiger partial charge in [-0.3, -0.25) is 4.90 Å². The Morgan fingerprint density at radius 2 is 2.06 bits per heavy atom. The highest BCUT2D eigenvalue weighted by Crippen LogP contribution is 2.27. The van der Waals surface area contributed by atoms with Crippen LogP contribution in [0.25, 0.3) is 0 Å². The van der Waals surface area contributed by atoms with E-state index in [0.29, 0.717) is 0 Å². The van der Waals surface area contributed by atoms with Crippen molar-refractivity contribution in [1.82, 2.24) is 10.2 Å². The summed E-state index contributed by atoms with van der Waals surface area (Å²) >= 11 is 0. The van der Waals surface area contributed by atoms with Gasteiger partial charge in [-0.25, -0.2) is 0 Å². The van der Waals surface area contributed by atoms with Gasteiger partial charge in [0.15, 0.2) is 0 Å². The molecule has 0 aromatic heterocycles. The zero-order valence-electron chi connectivity index (χ0n) is 11.2. The molecule has 0 radical (unpaired) electrons. The fourth-order valence-electron chi connectivity index (χ4n) is 3.24. The van der Waals surface area contributed by atoms with Crippen LogP contribution in [0.5, 0.6) is 0 Å². The van der Waals surface area contributed by atoms with E-state index >= 15 is 0 Å². The fraction of sp³-hybridized carbons (Fsp3) is 0.867. The summed E-state index contributed by atoms with van der Waals surface area (Å²) in [5.74, 6) is 7.10. The first kappa shape index (κ1) is 12.9. The van der Waals surface area contributed by atoms with Gasteiger partial charge in [0.1, 0.15) is 0 Å². The van der Waals surface area contributed by atoms with E-state index in [1.54, 1.807) is 0 Å². The molecular weight excluding hydrogens is 208 g/mol. The third-order valence-corrected chi connectivity index (χ3v) is 4.24. The topological polar surface area (TPSA) is 15.3 Å². The monoisotopic (exact) mass is 234 g/mol. The molecule has 0 aromatic carbocycles. The maximum atomic E-state index is 3.73. The van der Waals surface area contributed by atoms with Crippen molar-refractivity contribution in [2.75, 3.05) is 26.2 Å². The zero-order chi connectivity index (χ0) is 11.9. The first-order chi connectivity index (χ1) is 8.40. The Morgan fingerprint density at radius 3 is 2.82 bits per heavy atom. The van der Waals surface area contributed by atoms with Crippen molar-refractivity contribution in [2.24, 2.45) is 5.92 Å². The lowest BCUT2D eigenvalue weighted by atomic mass is 9.83. The molecule has 2 fully saturated rings. The third kappa shape index (κ3) is 4.01. The zero-order valence-corrected chi connectivity index (χ0v) is 11.2. The fourth-order valence-corrected chi connectivity index (χ4v) is 3.24. The SMILES string of the molecule is CC#CCCN1CCNC(C2CCCCC2)C1. The predicted octanol–water partition coefficient (Wildman–Crippen LogP) is 2.25. The van der Waals surface area contributed by atoms with Crippen molar-refractivity contribution in [3.63, 3.8) is 0 Å². The first-order valence-electron chi connectivity index (χ1n) is 7.25. The molecule has 0 aromatic rings. The van der Waals surface area contributed by atoms with Crippen LogP contribution in [0, 0.1) is 17.8 Å². The van der Waals surface area contributed by atoms with Crippen LogP contribution < -0.4 is 5.32 Å². The van der Waals surface area contributed by atoms with Crippen LogP contribution in [0.3, 0.4) is 0 Å². The second-order valence-corrected chi connectivity index (χ2v) is 5.44. The molecule has 0 bridgehead atoms. The minimum atomic E-state index is 0.749. The summed E-state index contributed by atoms with van der Waals surface area (Å²) in [4.78, 5) is 2.60. The second-order valence-electron chi connectivity index (χ2n) is 5.44. The molecule has 2 nitrogen and oxygen atoms in total. The number of hydrogen-bond donors (Lipinski definition) is 1. The number of rotatable bonds is 3. The molecule has 96 valence electrons. The highest BCUT2D eigenvalue weighted by Gasteiger charge is 2.27.